The summed E-state index contributed by atoms with van der Waals surface area (Å²) in [5, 5.41) is 3.79. The predicted molar refractivity (Wildman–Crippen MR) is 133 cm³/mol. The highest BCUT2D eigenvalue weighted by Crippen LogP contribution is 2.68. The van der Waals surface area contributed by atoms with Crippen molar-refractivity contribution >= 4 is 17.7 Å². The SMILES string of the molecule is COC(=O)[C@@]1(c2ccccc2)N[C@@H](c2ccccc2)C2(S1)c1ccccc1-c1ccccc12. The molecule has 1 aliphatic heterocycles. The van der Waals surface area contributed by atoms with E-state index >= 15 is 0 Å². The third-order valence-electron chi connectivity index (χ3n) is 6.80. The maximum absolute atomic E-state index is 13.6. The molecule has 2 aliphatic rings. The minimum atomic E-state index is -1.05. The Hall–Kier alpha value is -3.34. The lowest BCUT2D eigenvalue weighted by atomic mass is 9.83. The van der Waals surface area contributed by atoms with Crippen molar-refractivity contribution in [3.05, 3.63) is 131 Å². The van der Waals surface area contributed by atoms with Crippen LogP contribution in [0.5, 0.6) is 0 Å². The van der Waals surface area contributed by atoms with Gasteiger partial charge in [0, 0.05) is 0 Å². The molecule has 1 fully saturated rings. The fourth-order valence-corrected chi connectivity index (χ4v) is 7.39. The van der Waals surface area contributed by atoms with Crippen molar-refractivity contribution in [1.29, 1.82) is 0 Å². The maximum Gasteiger partial charge on any atom is 0.341 e. The monoisotopic (exact) mass is 449 g/mol. The lowest BCUT2D eigenvalue weighted by Gasteiger charge is -2.33. The van der Waals surface area contributed by atoms with Crippen molar-refractivity contribution < 1.29 is 9.53 Å². The van der Waals surface area contributed by atoms with Gasteiger partial charge in [-0.05, 0) is 33.4 Å². The number of methoxy groups -OCH3 is 1. The second-order valence-corrected chi connectivity index (χ2v) is 9.92. The van der Waals surface area contributed by atoms with Crippen LogP contribution in [0.4, 0.5) is 0 Å². The molecule has 4 heteroatoms. The molecule has 4 aromatic carbocycles. The highest BCUT2D eigenvalue weighted by Gasteiger charge is 2.64. The summed E-state index contributed by atoms with van der Waals surface area (Å²) in [5.41, 5.74) is 6.91. The topological polar surface area (TPSA) is 38.3 Å². The second kappa shape index (κ2) is 7.62. The molecule has 1 aliphatic carbocycles. The molecule has 0 aromatic heterocycles. The Bertz CT molecular complexity index is 1290. The zero-order chi connectivity index (χ0) is 22.5. The van der Waals surface area contributed by atoms with Gasteiger partial charge < -0.3 is 4.74 Å². The van der Waals surface area contributed by atoms with Crippen molar-refractivity contribution in [2.45, 2.75) is 15.7 Å². The van der Waals surface area contributed by atoms with Crippen LogP contribution in [-0.4, -0.2) is 13.1 Å². The van der Waals surface area contributed by atoms with Crippen molar-refractivity contribution in [2.75, 3.05) is 7.11 Å². The van der Waals surface area contributed by atoms with E-state index in [1.165, 1.54) is 29.4 Å². The van der Waals surface area contributed by atoms with Crippen molar-refractivity contribution in [1.82, 2.24) is 5.32 Å². The average molecular weight is 450 g/mol. The number of carbonyl (C=O) groups is 1. The van der Waals surface area contributed by atoms with Gasteiger partial charge in [0.25, 0.3) is 0 Å². The van der Waals surface area contributed by atoms with Crippen LogP contribution < -0.4 is 5.32 Å². The van der Waals surface area contributed by atoms with E-state index in [0.717, 1.165) is 11.1 Å². The smallest absolute Gasteiger partial charge is 0.341 e. The van der Waals surface area contributed by atoms with Gasteiger partial charge in [-0.25, -0.2) is 4.79 Å². The van der Waals surface area contributed by atoms with Crippen LogP contribution in [0.2, 0.25) is 0 Å². The van der Waals surface area contributed by atoms with Crippen LogP contribution in [-0.2, 0) is 19.1 Å². The first-order valence-corrected chi connectivity index (χ1v) is 11.9. The molecule has 0 unspecified atom stereocenters. The number of hydrogen-bond donors (Lipinski definition) is 1. The lowest BCUT2D eigenvalue weighted by molar-refractivity contribution is -0.144. The number of nitrogens with one attached hydrogen (secondary N) is 1. The van der Waals surface area contributed by atoms with E-state index in [2.05, 4.69) is 78.1 Å². The van der Waals surface area contributed by atoms with Crippen LogP contribution in [0, 0.1) is 0 Å². The molecule has 1 heterocycles. The number of thioether (sulfide) groups is 1. The number of esters is 1. The van der Waals surface area contributed by atoms with E-state index in [4.69, 9.17) is 4.74 Å². The summed E-state index contributed by atoms with van der Waals surface area (Å²) >= 11 is 1.66. The Morgan fingerprint density at radius 3 is 1.85 bits per heavy atom. The minimum absolute atomic E-state index is 0.146. The molecule has 6 rings (SSSR count). The van der Waals surface area contributed by atoms with E-state index in [1.54, 1.807) is 11.8 Å². The molecule has 0 radical (unpaired) electrons. The van der Waals surface area contributed by atoms with Gasteiger partial charge in [0.2, 0.25) is 0 Å². The third-order valence-corrected chi connectivity index (χ3v) is 8.62. The van der Waals surface area contributed by atoms with Crippen LogP contribution in [0.25, 0.3) is 11.1 Å². The number of benzene rings is 4. The summed E-state index contributed by atoms with van der Waals surface area (Å²) in [6.45, 7) is 0. The summed E-state index contributed by atoms with van der Waals surface area (Å²) in [5.74, 6) is -0.293. The Labute approximate surface area is 197 Å². The van der Waals surface area contributed by atoms with Crippen molar-refractivity contribution in [3.8, 4) is 11.1 Å². The van der Waals surface area contributed by atoms with Gasteiger partial charge in [-0.2, -0.15) is 0 Å². The fraction of sp³-hybridized carbons (Fsp3) is 0.138. The summed E-state index contributed by atoms with van der Waals surface area (Å²) < 4.78 is 4.93. The van der Waals surface area contributed by atoms with E-state index in [9.17, 15) is 4.79 Å². The zero-order valence-corrected chi connectivity index (χ0v) is 19.0. The quantitative estimate of drug-likeness (QED) is 0.389. The summed E-state index contributed by atoms with van der Waals surface area (Å²) in [6, 6.07) is 37.4. The van der Waals surface area contributed by atoms with Crippen molar-refractivity contribution in [2.24, 2.45) is 0 Å². The molecule has 0 bridgehead atoms. The van der Waals surface area contributed by atoms with Gasteiger partial charge in [-0.3, -0.25) is 5.32 Å². The standard InChI is InChI=1S/C29H23NO2S/c1-32-27(31)29(21-14-6-3-7-15-21)30-26(20-12-4-2-5-13-20)28(33-29)24-18-10-8-16-22(24)23-17-9-11-19-25(23)28/h2-19,26,30H,1H3/t26-,29-/m0/s1. The van der Waals surface area contributed by atoms with Gasteiger partial charge in [-0.1, -0.05) is 109 Å². The van der Waals surface area contributed by atoms with Gasteiger partial charge in [0.1, 0.15) is 0 Å². The molecule has 33 heavy (non-hydrogen) atoms. The molecule has 0 amide bonds. The highest BCUT2D eigenvalue weighted by molar-refractivity contribution is 8.02. The fourth-order valence-electron chi connectivity index (χ4n) is 5.43. The van der Waals surface area contributed by atoms with Crippen molar-refractivity contribution in [3.63, 3.8) is 0 Å². The van der Waals surface area contributed by atoms with Crippen LogP contribution in [0.1, 0.15) is 28.3 Å². The van der Waals surface area contributed by atoms with Gasteiger partial charge in [0.05, 0.1) is 17.9 Å². The van der Waals surface area contributed by atoms with Gasteiger partial charge in [0.15, 0.2) is 4.87 Å². The van der Waals surface area contributed by atoms with Gasteiger partial charge >= 0.3 is 5.97 Å². The Morgan fingerprint density at radius 1 is 0.758 bits per heavy atom. The van der Waals surface area contributed by atoms with E-state index in [0.29, 0.717) is 0 Å². The predicted octanol–water partition coefficient (Wildman–Crippen LogP) is 6.01. The lowest BCUT2D eigenvalue weighted by Crippen LogP contribution is -2.44. The normalized spacial score (nSPS) is 22.0. The molecular formula is C29H23NO2S. The molecule has 1 N–H and O–H groups in total. The highest BCUT2D eigenvalue weighted by atomic mass is 32.2. The van der Waals surface area contributed by atoms with Crippen LogP contribution in [0.3, 0.4) is 0 Å². The Balaban J connectivity index is 1.68. The Morgan fingerprint density at radius 2 is 1.27 bits per heavy atom. The summed E-state index contributed by atoms with van der Waals surface area (Å²) in [4.78, 5) is 12.5. The molecule has 0 saturated carbocycles. The first-order chi connectivity index (χ1) is 16.2. The number of ether oxygens (including phenoxy) is 1. The minimum Gasteiger partial charge on any atom is -0.467 e. The average Bonchev–Trinajstić information content (AvgIpc) is 3.40. The summed E-state index contributed by atoms with van der Waals surface area (Å²) in [7, 11) is 1.47. The Kier molecular flexibility index (Phi) is 4.68. The maximum atomic E-state index is 13.6. The van der Waals surface area contributed by atoms with E-state index in [-0.39, 0.29) is 12.0 Å². The number of hydrogen-bond acceptors (Lipinski definition) is 4. The van der Waals surface area contributed by atoms with Crippen LogP contribution in [0.15, 0.2) is 109 Å². The molecular weight excluding hydrogens is 426 g/mol. The molecule has 3 nitrogen and oxygen atoms in total. The van der Waals surface area contributed by atoms with Gasteiger partial charge in [-0.15, -0.1) is 11.8 Å². The first kappa shape index (κ1) is 20.3. The van der Waals surface area contributed by atoms with E-state index < -0.39 is 9.62 Å². The molecule has 2 atom stereocenters. The van der Waals surface area contributed by atoms with Crippen LogP contribution >= 0.6 is 11.8 Å². The number of fused-ring (bicyclic) bond motifs is 5. The number of carbonyl (C=O) groups excluding carboxylic acids is 1. The molecule has 162 valence electrons. The second-order valence-electron chi connectivity index (χ2n) is 8.46. The first-order valence-electron chi connectivity index (χ1n) is 11.1. The van der Waals surface area contributed by atoms with E-state index in [1.807, 2.05) is 36.4 Å². The zero-order valence-electron chi connectivity index (χ0n) is 18.2. The number of rotatable bonds is 3. The third kappa shape index (κ3) is 2.78. The molecule has 1 spiro atoms. The summed E-state index contributed by atoms with van der Waals surface area (Å²) in [6.07, 6.45) is 0. The molecule has 1 saturated heterocycles. The molecule has 4 aromatic rings. The largest absolute Gasteiger partial charge is 0.467 e.